The summed E-state index contributed by atoms with van der Waals surface area (Å²) in [6, 6.07) is -1.08. The van der Waals surface area contributed by atoms with Crippen molar-refractivity contribution in [1.82, 2.24) is 15.5 Å². The lowest BCUT2D eigenvalue weighted by Crippen LogP contribution is -2.51. The van der Waals surface area contributed by atoms with E-state index >= 15 is 0 Å². The van der Waals surface area contributed by atoms with Crippen LogP contribution in [0.1, 0.15) is 34.1 Å². The average Bonchev–Trinajstić information content (AvgIpc) is 2.40. The molecule has 3 N–H and O–H groups in total. The van der Waals surface area contributed by atoms with Gasteiger partial charge in [-0.05, 0) is 20.3 Å². The number of amides is 3. The van der Waals surface area contributed by atoms with Crippen LogP contribution < -0.4 is 10.6 Å². The van der Waals surface area contributed by atoms with Gasteiger partial charge in [0.2, 0.25) is 5.91 Å². The molecule has 0 fully saturated rings. The molecule has 0 saturated heterocycles. The molecule has 0 rings (SSSR count). The van der Waals surface area contributed by atoms with E-state index in [1.165, 1.54) is 11.8 Å². The van der Waals surface area contributed by atoms with Crippen LogP contribution in [0.3, 0.4) is 0 Å². The van der Waals surface area contributed by atoms with Crippen molar-refractivity contribution < 1.29 is 19.5 Å². The van der Waals surface area contributed by atoms with Crippen LogP contribution in [0.2, 0.25) is 0 Å². The van der Waals surface area contributed by atoms with Crippen LogP contribution in [0.15, 0.2) is 0 Å². The molecule has 3 amide bonds. The summed E-state index contributed by atoms with van der Waals surface area (Å²) < 4.78 is 0. The minimum Gasteiger partial charge on any atom is -0.481 e. The number of aliphatic carboxylic acids is 1. The summed E-state index contributed by atoms with van der Waals surface area (Å²) in [5, 5.41) is 14.1. The van der Waals surface area contributed by atoms with E-state index < -0.39 is 24.0 Å². The van der Waals surface area contributed by atoms with Crippen LogP contribution in [0.4, 0.5) is 4.79 Å². The van der Waals surface area contributed by atoms with Gasteiger partial charge in [-0.25, -0.2) is 4.79 Å². The summed E-state index contributed by atoms with van der Waals surface area (Å²) in [6.07, 6.45) is 0.823. The van der Waals surface area contributed by atoms with Gasteiger partial charge in [0, 0.05) is 19.6 Å². The fourth-order valence-corrected chi connectivity index (χ4v) is 1.51. The molecule has 0 aromatic rings. The highest BCUT2D eigenvalue weighted by molar-refractivity contribution is 5.86. The second kappa shape index (κ2) is 9.17. The predicted molar refractivity (Wildman–Crippen MR) is 75.3 cm³/mol. The molecule has 0 aliphatic heterocycles. The lowest BCUT2D eigenvalue weighted by atomic mass is 10.2. The number of urea groups is 1. The van der Waals surface area contributed by atoms with Crippen molar-refractivity contribution in [3.05, 3.63) is 0 Å². The van der Waals surface area contributed by atoms with E-state index in [1.54, 1.807) is 13.8 Å². The first-order chi connectivity index (χ1) is 9.33. The summed E-state index contributed by atoms with van der Waals surface area (Å²) in [7, 11) is 0. The van der Waals surface area contributed by atoms with Crippen LogP contribution in [-0.4, -0.2) is 53.6 Å². The Balaban J connectivity index is 4.40. The predicted octanol–water partition coefficient (Wildman–Crippen LogP) is 0.653. The lowest BCUT2D eigenvalue weighted by molar-refractivity contribution is -0.141. The first-order valence-corrected chi connectivity index (χ1v) is 6.89. The molecule has 0 heterocycles. The topological polar surface area (TPSA) is 98.7 Å². The monoisotopic (exact) mass is 287 g/mol. The van der Waals surface area contributed by atoms with E-state index in [0.717, 1.165) is 6.42 Å². The Bertz CT molecular complexity index is 347. The van der Waals surface area contributed by atoms with Gasteiger partial charge in [-0.3, -0.25) is 9.59 Å². The van der Waals surface area contributed by atoms with Crippen LogP contribution in [0, 0.1) is 5.92 Å². The molecule has 7 nitrogen and oxygen atoms in total. The van der Waals surface area contributed by atoms with Gasteiger partial charge in [0.05, 0.1) is 5.92 Å². The Hall–Kier alpha value is -1.79. The number of hydrogen-bond acceptors (Lipinski definition) is 3. The highest BCUT2D eigenvalue weighted by Crippen LogP contribution is 2.01. The zero-order valence-corrected chi connectivity index (χ0v) is 12.6. The third-order valence-corrected chi connectivity index (χ3v) is 2.87. The van der Waals surface area contributed by atoms with Crippen molar-refractivity contribution >= 4 is 17.9 Å². The maximum Gasteiger partial charge on any atom is 0.318 e. The number of carbonyl (C=O) groups excluding carboxylic acids is 2. The van der Waals surface area contributed by atoms with Crippen LogP contribution in [0.5, 0.6) is 0 Å². The summed E-state index contributed by atoms with van der Waals surface area (Å²) in [5.41, 5.74) is 0. The van der Waals surface area contributed by atoms with Gasteiger partial charge in [-0.1, -0.05) is 13.8 Å². The van der Waals surface area contributed by atoms with E-state index in [-0.39, 0.29) is 12.5 Å². The molecule has 0 aliphatic rings. The normalized spacial score (nSPS) is 13.2. The van der Waals surface area contributed by atoms with Crippen molar-refractivity contribution in [2.45, 2.75) is 40.2 Å². The number of carbonyl (C=O) groups is 3. The Morgan fingerprint density at radius 2 is 1.80 bits per heavy atom. The minimum absolute atomic E-state index is 0.112. The molecule has 0 spiro atoms. The number of carboxylic acids is 1. The van der Waals surface area contributed by atoms with Crippen molar-refractivity contribution in [2.24, 2.45) is 5.92 Å². The Morgan fingerprint density at radius 1 is 1.20 bits per heavy atom. The van der Waals surface area contributed by atoms with Crippen LogP contribution >= 0.6 is 0 Å². The molecular formula is C13H25N3O4. The summed E-state index contributed by atoms with van der Waals surface area (Å²) in [4.78, 5) is 35.8. The highest BCUT2D eigenvalue weighted by atomic mass is 16.4. The van der Waals surface area contributed by atoms with E-state index in [0.29, 0.717) is 13.1 Å². The largest absolute Gasteiger partial charge is 0.481 e. The smallest absolute Gasteiger partial charge is 0.318 e. The number of carboxylic acid groups (broad SMARTS) is 1. The Morgan fingerprint density at radius 3 is 2.25 bits per heavy atom. The van der Waals surface area contributed by atoms with Gasteiger partial charge in [0.1, 0.15) is 6.04 Å². The van der Waals surface area contributed by atoms with Gasteiger partial charge in [0.15, 0.2) is 0 Å². The average molecular weight is 287 g/mol. The van der Waals surface area contributed by atoms with Crippen molar-refractivity contribution in [3.63, 3.8) is 0 Å². The third-order valence-electron chi connectivity index (χ3n) is 2.87. The fourth-order valence-electron chi connectivity index (χ4n) is 1.51. The molecule has 0 aliphatic carbocycles. The molecular weight excluding hydrogens is 262 g/mol. The lowest BCUT2D eigenvalue weighted by Gasteiger charge is -2.25. The number of hydrogen-bond donors (Lipinski definition) is 3. The van der Waals surface area contributed by atoms with Crippen LogP contribution in [0.25, 0.3) is 0 Å². The molecule has 2 atom stereocenters. The second-order valence-corrected chi connectivity index (χ2v) is 4.74. The molecule has 7 heteroatoms. The molecule has 20 heavy (non-hydrogen) atoms. The molecule has 0 radical (unpaired) electrons. The summed E-state index contributed by atoms with van der Waals surface area (Å²) >= 11 is 0. The second-order valence-electron chi connectivity index (χ2n) is 4.74. The molecule has 0 aromatic heterocycles. The summed E-state index contributed by atoms with van der Waals surface area (Å²) in [6.45, 7) is 7.89. The molecule has 0 saturated carbocycles. The maximum absolute atomic E-state index is 12.0. The minimum atomic E-state index is -0.954. The third kappa shape index (κ3) is 6.40. The number of rotatable bonds is 8. The first kappa shape index (κ1) is 18.2. The standard InChI is InChI=1S/C13H25N3O4/c1-5-7-14-11(17)10(4)15-13(20)16(6-2)8-9(3)12(18)19/h9-10H,5-8H2,1-4H3,(H,14,17)(H,15,20)(H,18,19). The Labute approximate surface area is 119 Å². The van der Waals surface area contributed by atoms with Crippen LogP contribution in [-0.2, 0) is 9.59 Å². The highest BCUT2D eigenvalue weighted by Gasteiger charge is 2.22. The van der Waals surface area contributed by atoms with E-state index in [9.17, 15) is 14.4 Å². The molecule has 0 aromatic carbocycles. The van der Waals surface area contributed by atoms with E-state index in [2.05, 4.69) is 10.6 Å². The van der Waals surface area contributed by atoms with Gasteiger partial charge in [-0.2, -0.15) is 0 Å². The maximum atomic E-state index is 12.0. The van der Waals surface area contributed by atoms with E-state index in [4.69, 9.17) is 5.11 Å². The molecule has 116 valence electrons. The summed E-state index contributed by atoms with van der Waals surface area (Å²) in [5.74, 6) is -1.85. The van der Waals surface area contributed by atoms with Gasteiger partial charge >= 0.3 is 12.0 Å². The molecule has 2 unspecified atom stereocenters. The van der Waals surface area contributed by atoms with Gasteiger partial charge in [0.25, 0.3) is 0 Å². The fraction of sp³-hybridized carbons (Fsp3) is 0.769. The van der Waals surface area contributed by atoms with E-state index in [1.807, 2.05) is 6.92 Å². The Kier molecular flexibility index (Phi) is 8.35. The van der Waals surface area contributed by atoms with Gasteiger partial charge < -0.3 is 20.6 Å². The zero-order chi connectivity index (χ0) is 15.7. The quantitative estimate of drug-likeness (QED) is 0.610. The number of nitrogens with zero attached hydrogens (tertiary/aromatic N) is 1. The first-order valence-electron chi connectivity index (χ1n) is 6.89. The molecule has 0 bridgehead atoms. The van der Waals surface area contributed by atoms with Crippen molar-refractivity contribution in [3.8, 4) is 0 Å². The SMILES string of the molecule is CCCNC(=O)C(C)NC(=O)N(CC)CC(C)C(=O)O. The van der Waals surface area contributed by atoms with Crippen molar-refractivity contribution in [1.29, 1.82) is 0 Å². The number of nitrogens with one attached hydrogen (secondary N) is 2. The zero-order valence-electron chi connectivity index (χ0n) is 12.6. The van der Waals surface area contributed by atoms with Gasteiger partial charge in [-0.15, -0.1) is 0 Å². The van der Waals surface area contributed by atoms with Crippen molar-refractivity contribution in [2.75, 3.05) is 19.6 Å².